The van der Waals surface area contributed by atoms with Gasteiger partial charge in [-0.1, -0.05) is 0 Å². The first-order chi connectivity index (χ1) is 7.34. The topological polar surface area (TPSA) is 69.1 Å². The maximum Gasteiger partial charge on any atom is 0.219 e. The Labute approximate surface area is 90.2 Å². The molecule has 1 atom stereocenters. The third kappa shape index (κ3) is 2.33. The third-order valence-electron chi connectivity index (χ3n) is 2.24. The lowest BCUT2D eigenvalue weighted by molar-refractivity contribution is -0.118. The fourth-order valence-electron chi connectivity index (χ4n) is 1.30. The zero-order chi connectivity index (χ0) is 12.5. The highest BCUT2D eigenvalue weighted by Gasteiger charge is 2.21. The van der Waals surface area contributed by atoms with E-state index in [1.807, 2.05) is 0 Å². The van der Waals surface area contributed by atoms with Crippen LogP contribution in [0, 0.1) is 24.4 Å². The number of nitrogens with two attached hydrogens (primary N) is 2. The number of hydrogen-bond acceptors (Lipinski definition) is 2. The first-order valence-corrected chi connectivity index (χ1v) is 4.52. The van der Waals surface area contributed by atoms with E-state index in [2.05, 4.69) is 0 Å². The summed E-state index contributed by atoms with van der Waals surface area (Å²) in [6.07, 6.45) is -0.376. The van der Waals surface area contributed by atoms with Gasteiger partial charge in [-0.3, -0.25) is 4.79 Å². The highest BCUT2D eigenvalue weighted by atomic mass is 19.2. The maximum absolute atomic E-state index is 13.4. The van der Waals surface area contributed by atoms with Crippen LogP contribution in [0.2, 0.25) is 0 Å². The molecule has 16 heavy (non-hydrogen) atoms. The van der Waals surface area contributed by atoms with Crippen LogP contribution in [0.1, 0.15) is 23.6 Å². The lowest BCUT2D eigenvalue weighted by Crippen LogP contribution is -2.22. The van der Waals surface area contributed by atoms with Crippen LogP contribution in [-0.4, -0.2) is 5.91 Å². The van der Waals surface area contributed by atoms with Gasteiger partial charge in [-0.15, -0.1) is 0 Å². The molecular formula is C10H11F3N2O. The van der Waals surface area contributed by atoms with Crippen molar-refractivity contribution in [2.75, 3.05) is 0 Å². The van der Waals surface area contributed by atoms with Gasteiger partial charge in [0.05, 0.1) is 0 Å². The van der Waals surface area contributed by atoms with Gasteiger partial charge in [-0.2, -0.15) is 0 Å². The fourth-order valence-corrected chi connectivity index (χ4v) is 1.30. The predicted molar refractivity (Wildman–Crippen MR) is 51.8 cm³/mol. The Kier molecular flexibility index (Phi) is 3.54. The average molecular weight is 232 g/mol. The molecule has 0 aliphatic carbocycles. The molecule has 0 saturated carbocycles. The molecule has 88 valence electrons. The van der Waals surface area contributed by atoms with Crippen molar-refractivity contribution < 1.29 is 18.0 Å². The molecule has 0 aliphatic heterocycles. The average Bonchev–Trinajstić information content (AvgIpc) is 2.19. The van der Waals surface area contributed by atoms with Crippen molar-refractivity contribution >= 4 is 5.91 Å². The highest BCUT2D eigenvalue weighted by Crippen LogP contribution is 2.24. The van der Waals surface area contributed by atoms with E-state index in [4.69, 9.17) is 11.5 Å². The molecule has 0 saturated heterocycles. The van der Waals surface area contributed by atoms with Gasteiger partial charge in [0, 0.05) is 23.6 Å². The second kappa shape index (κ2) is 4.52. The van der Waals surface area contributed by atoms with Crippen molar-refractivity contribution in [3.8, 4) is 0 Å². The molecule has 1 amide bonds. The minimum Gasteiger partial charge on any atom is -0.370 e. The lowest BCUT2D eigenvalue weighted by atomic mass is 10.0. The molecule has 1 aromatic rings. The summed E-state index contributed by atoms with van der Waals surface area (Å²) in [6, 6.07) is -0.372. The normalized spacial score (nSPS) is 12.6. The molecule has 1 aromatic carbocycles. The van der Waals surface area contributed by atoms with Gasteiger partial charge in [-0.05, 0) is 13.0 Å². The lowest BCUT2D eigenvalue weighted by Gasteiger charge is -2.13. The van der Waals surface area contributed by atoms with Crippen LogP contribution in [-0.2, 0) is 4.79 Å². The molecule has 1 unspecified atom stereocenters. The van der Waals surface area contributed by atoms with Crippen LogP contribution >= 0.6 is 0 Å². The monoisotopic (exact) mass is 232 g/mol. The van der Waals surface area contributed by atoms with Gasteiger partial charge in [0.25, 0.3) is 0 Å². The molecule has 0 aliphatic rings. The number of amides is 1. The summed E-state index contributed by atoms with van der Waals surface area (Å²) in [4.78, 5) is 10.6. The summed E-state index contributed by atoms with van der Waals surface area (Å²) in [6.45, 7) is 1.11. The van der Waals surface area contributed by atoms with E-state index in [0.29, 0.717) is 0 Å². The van der Waals surface area contributed by atoms with Crippen LogP contribution in [0.4, 0.5) is 13.2 Å². The molecule has 1 rings (SSSR count). The zero-order valence-electron chi connectivity index (χ0n) is 8.56. The van der Waals surface area contributed by atoms with Crippen molar-refractivity contribution in [1.82, 2.24) is 0 Å². The largest absolute Gasteiger partial charge is 0.370 e. The number of rotatable bonds is 3. The third-order valence-corrected chi connectivity index (χ3v) is 2.24. The molecule has 3 nitrogen and oxygen atoms in total. The number of halogens is 3. The van der Waals surface area contributed by atoms with Crippen LogP contribution < -0.4 is 11.5 Å². The van der Waals surface area contributed by atoms with Crippen molar-refractivity contribution in [2.24, 2.45) is 11.5 Å². The van der Waals surface area contributed by atoms with Crippen molar-refractivity contribution in [2.45, 2.75) is 19.4 Å². The zero-order valence-corrected chi connectivity index (χ0v) is 8.56. The van der Waals surface area contributed by atoms with Gasteiger partial charge in [-0.25, -0.2) is 13.2 Å². The van der Waals surface area contributed by atoms with E-state index in [1.165, 1.54) is 0 Å². The first kappa shape index (κ1) is 12.5. The quantitative estimate of drug-likeness (QED) is 0.771. The first-order valence-electron chi connectivity index (χ1n) is 4.52. The molecule has 0 spiro atoms. The van der Waals surface area contributed by atoms with Crippen LogP contribution in [0.5, 0.6) is 0 Å². The van der Waals surface area contributed by atoms with Gasteiger partial charge >= 0.3 is 0 Å². The number of carbonyl (C=O) groups is 1. The summed E-state index contributed by atoms with van der Waals surface area (Å²) < 4.78 is 39.7. The van der Waals surface area contributed by atoms with E-state index < -0.39 is 35.0 Å². The molecule has 0 aromatic heterocycles. The number of hydrogen-bond donors (Lipinski definition) is 2. The van der Waals surface area contributed by atoms with Crippen molar-refractivity contribution in [1.29, 1.82) is 0 Å². The standard InChI is InChI=1S/C10H11F3N2O/c1-4-6(11)2-5(10(13)9(4)12)7(14)3-8(15)16/h2,7H,3,14H2,1H3,(H2,15,16). The molecular weight excluding hydrogens is 221 g/mol. The Balaban J connectivity index is 3.19. The van der Waals surface area contributed by atoms with E-state index in [0.717, 1.165) is 13.0 Å². The SMILES string of the molecule is Cc1c(F)cc(C(N)CC(N)=O)c(F)c1F. The predicted octanol–water partition coefficient (Wildman–Crippen LogP) is 1.29. The highest BCUT2D eigenvalue weighted by molar-refractivity contribution is 5.74. The summed E-state index contributed by atoms with van der Waals surface area (Å²) in [7, 11) is 0. The van der Waals surface area contributed by atoms with Gasteiger partial charge in [0.1, 0.15) is 5.82 Å². The fraction of sp³-hybridized carbons (Fsp3) is 0.300. The van der Waals surface area contributed by atoms with Crippen LogP contribution in [0.25, 0.3) is 0 Å². The second-order valence-electron chi connectivity index (χ2n) is 3.48. The molecule has 0 radical (unpaired) electrons. The Morgan fingerprint density at radius 1 is 1.38 bits per heavy atom. The number of benzene rings is 1. The van der Waals surface area contributed by atoms with Crippen LogP contribution in [0.15, 0.2) is 6.07 Å². The van der Waals surface area contributed by atoms with Crippen LogP contribution in [0.3, 0.4) is 0 Å². The summed E-state index contributed by atoms with van der Waals surface area (Å²) in [5, 5.41) is 0. The minimum absolute atomic E-state index is 0.376. The maximum atomic E-state index is 13.4. The van der Waals surface area contributed by atoms with Crippen molar-refractivity contribution in [3.63, 3.8) is 0 Å². The molecule has 0 fully saturated rings. The molecule has 6 heteroatoms. The number of carbonyl (C=O) groups excluding carboxylic acids is 1. The second-order valence-corrected chi connectivity index (χ2v) is 3.48. The summed E-state index contributed by atoms with van der Waals surface area (Å²) >= 11 is 0. The molecule has 4 N–H and O–H groups in total. The Hall–Kier alpha value is -1.56. The van der Waals surface area contributed by atoms with Gasteiger partial charge in [0.15, 0.2) is 11.6 Å². The van der Waals surface area contributed by atoms with E-state index in [9.17, 15) is 18.0 Å². The molecule has 0 bridgehead atoms. The Morgan fingerprint density at radius 2 is 1.94 bits per heavy atom. The van der Waals surface area contributed by atoms with Gasteiger partial charge in [0.2, 0.25) is 5.91 Å². The van der Waals surface area contributed by atoms with E-state index >= 15 is 0 Å². The van der Waals surface area contributed by atoms with Gasteiger partial charge < -0.3 is 11.5 Å². The summed E-state index contributed by atoms with van der Waals surface area (Å²) in [5.74, 6) is -4.22. The number of primary amides is 1. The molecule has 0 heterocycles. The smallest absolute Gasteiger partial charge is 0.219 e. The summed E-state index contributed by atoms with van der Waals surface area (Å²) in [5.41, 5.74) is 9.46. The Bertz CT molecular complexity index is 435. The minimum atomic E-state index is -1.30. The Morgan fingerprint density at radius 3 is 2.44 bits per heavy atom. The van der Waals surface area contributed by atoms with E-state index in [-0.39, 0.29) is 12.0 Å². The van der Waals surface area contributed by atoms with E-state index in [1.54, 1.807) is 0 Å². The van der Waals surface area contributed by atoms with Crippen molar-refractivity contribution in [3.05, 3.63) is 34.6 Å².